The van der Waals surface area contributed by atoms with Crippen LogP contribution in [0.1, 0.15) is 25.3 Å². The average molecular weight is 235 g/mol. The molecule has 2 rings (SSSR count). The van der Waals surface area contributed by atoms with Crippen LogP contribution in [-0.2, 0) is 0 Å². The second-order valence-electron chi connectivity index (χ2n) is 3.86. The van der Waals surface area contributed by atoms with Crippen molar-refractivity contribution < 1.29 is 0 Å². The first-order chi connectivity index (χ1) is 7.61. The Balaban J connectivity index is 2.74. The van der Waals surface area contributed by atoms with Crippen LogP contribution in [0.2, 0.25) is 0 Å². The molecule has 0 spiro atoms. The molecule has 5 heteroatoms. The van der Waals surface area contributed by atoms with Crippen molar-refractivity contribution in [1.29, 1.82) is 5.41 Å². The van der Waals surface area contributed by atoms with Crippen LogP contribution < -0.4 is 10.5 Å². The maximum Gasteiger partial charge on any atom is 0.341 e. The smallest absolute Gasteiger partial charge is 0.273 e. The Morgan fingerprint density at radius 1 is 1.38 bits per heavy atom. The number of aromatic nitrogens is 2. The van der Waals surface area contributed by atoms with Crippen molar-refractivity contribution in [2.75, 3.05) is 0 Å². The van der Waals surface area contributed by atoms with Crippen molar-refractivity contribution in [3.8, 4) is 5.69 Å². The van der Waals surface area contributed by atoms with Crippen molar-refractivity contribution in [3.05, 3.63) is 45.1 Å². The van der Waals surface area contributed by atoms with Crippen molar-refractivity contribution in [2.24, 2.45) is 0 Å². The third-order valence-electron chi connectivity index (χ3n) is 2.44. The first kappa shape index (κ1) is 10.9. The summed E-state index contributed by atoms with van der Waals surface area (Å²) in [5.41, 5.74) is 1.62. The highest BCUT2D eigenvalue weighted by Gasteiger charge is 2.10. The van der Waals surface area contributed by atoms with E-state index in [1.165, 1.54) is 4.57 Å². The van der Waals surface area contributed by atoms with Crippen molar-refractivity contribution in [1.82, 2.24) is 8.94 Å². The normalized spacial score (nSPS) is 10.9. The van der Waals surface area contributed by atoms with E-state index in [9.17, 15) is 4.79 Å². The Morgan fingerprint density at radius 2 is 2.06 bits per heavy atom. The Hall–Kier alpha value is -1.62. The van der Waals surface area contributed by atoms with Gasteiger partial charge in [0.25, 0.3) is 0 Å². The van der Waals surface area contributed by atoms with E-state index in [2.05, 4.69) is 18.2 Å². The van der Waals surface area contributed by atoms with Gasteiger partial charge in [0.1, 0.15) is 0 Å². The molecule has 0 atom stereocenters. The first-order valence-corrected chi connectivity index (χ1v) is 5.87. The van der Waals surface area contributed by atoms with Crippen LogP contribution in [0.4, 0.5) is 0 Å². The molecule has 0 saturated heterocycles. The fourth-order valence-corrected chi connectivity index (χ4v) is 2.22. The third kappa shape index (κ3) is 1.74. The lowest BCUT2D eigenvalue weighted by molar-refractivity contribution is 0.823. The fourth-order valence-electron chi connectivity index (χ4n) is 1.67. The average Bonchev–Trinajstić information content (AvgIpc) is 2.58. The molecular formula is C11H13N3OS. The number of aromatic amines is 1. The molecule has 2 N–H and O–H groups in total. The molecule has 0 unspecified atom stereocenters. The summed E-state index contributed by atoms with van der Waals surface area (Å²) in [6.07, 6.45) is 0. The molecular weight excluding hydrogens is 222 g/mol. The van der Waals surface area contributed by atoms with E-state index in [1.54, 1.807) is 0 Å². The van der Waals surface area contributed by atoms with Crippen molar-refractivity contribution in [2.45, 2.75) is 19.8 Å². The Morgan fingerprint density at radius 3 is 2.62 bits per heavy atom. The van der Waals surface area contributed by atoms with Gasteiger partial charge in [0, 0.05) is 0 Å². The number of para-hydroxylation sites is 1. The van der Waals surface area contributed by atoms with E-state index in [0.717, 1.165) is 22.8 Å². The lowest BCUT2D eigenvalue weighted by Gasteiger charge is -2.11. The van der Waals surface area contributed by atoms with Crippen LogP contribution in [0.25, 0.3) is 5.69 Å². The fraction of sp³-hybridized carbons (Fsp3) is 0.273. The van der Waals surface area contributed by atoms with Gasteiger partial charge >= 0.3 is 5.69 Å². The van der Waals surface area contributed by atoms with Crippen LogP contribution in [0.15, 0.2) is 29.1 Å². The van der Waals surface area contributed by atoms with E-state index in [1.807, 2.05) is 24.3 Å². The van der Waals surface area contributed by atoms with Gasteiger partial charge in [-0.25, -0.2) is 9.36 Å². The number of H-pyrrole nitrogens is 1. The SMILES string of the molecule is CC(C)c1ccccc1-n1c(=O)[nH]sc1=N. The van der Waals surface area contributed by atoms with Gasteiger partial charge in [-0.05, 0) is 29.1 Å². The molecule has 2 aromatic rings. The summed E-state index contributed by atoms with van der Waals surface area (Å²) < 4.78 is 3.97. The predicted molar refractivity (Wildman–Crippen MR) is 64.2 cm³/mol. The summed E-state index contributed by atoms with van der Waals surface area (Å²) in [7, 11) is 0. The number of rotatable bonds is 2. The highest BCUT2D eigenvalue weighted by atomic mass is 32.1. The minimum atomic E-state index is -0.247. The third-order valence-corrected chi connectivity index (χ3v) is 3.09. The largest absolute Gasteiger partial charge is 0.341 e. The van der Waals surface area contributed by atoms with E-state index in [0.29, 0.717) is 5.92 Å². The van der Waals surface area contributed by atoms with Crippen LogP contribution in [0.5, 0.6) is 0 Å². The molecule has 0 amide bonds. The van der Waals surface area contributed by atoms with Crippen molar-refractivity contribution >= 4 is 11.5 Å². The lowest BCUT2D eigenvalue weighted by Crippen LogP contribution is -2.25. The lowest BCUT2D eigenvalue weighted by atomic mass is 10.0. The quantitative estimate of drug-likeness (QED) is 0.819. The topological polar surface area (TPSA) is 61.6 Å². The summed E-state index contributed by atoms with van der Waals surface area (Å²) >= 11 is 1.04. The number of hydrogen-bond donors (Lipinski definition) is 2. The summed E-state index contributed by atoms with van der Waals surface area (Å²) in [6.45, 7) is 4.15. The number of hydrogen-bond acceptors (Lipinski definition) is 3. The summed E-state index contributed by atoms with van der Waals surface area (Å²) in [4.78, 5) is 11.8. The summed E-state index contributed by atoms with van der Waals surface area (Å²) in [5, 5.41) is 7.72. The highest BCUT2D eigenvalue weighted by molar-refractivity contribution is 7.02. The molecule has 0 aliphatic heterocycles. The van der Waals surface area contributed by atoms with Crippen LogP contribution >= 0.6 is 11.5 Å². The molecule has 1 heterocycles. The molecule has 0 bridgehead atoms. The monoisotopic (exact) mass is 235 g/mol. The van der Waals surface area contributed by atoms with E-state index in [-0.39, 0.29) is 10.5 Å². The van der Waals surface area contributed by atoms with E-state index in [4.69, 9.17) is 5.41 Å². The molecule has 0 radical (unpaired) electrons. The second kappa shape index (κ2) is 4.09. The van der Waals surface area contributed by atoms with E-state index < -0.39 is 0 Å². The highest BCUT2D eigenvalue weighted by Crippen LogP contribution is 2.20. The van der Waals surface area contributed by atoms with Crippen molar-refractivity contribution in [3.63, 3.8) is 0 Å². The van der Waals surface area contributed by atoms with E-state index >= 15 is 0 Å². The molecule has 4 nitrogen and oxygen atoms in total. The van der Waals surface area contributed by atoms with Gasteiger partial charge in [-0.1, -0.05) is 32.0 Å². The molecule has 0 fully saturated rings. The Bertz CT molecular complexity index is 578. The van der Waals surface area contributed by atoms with Gasteiger partial charge in [0.2, 0.25) is 4.80 Å². The van der Waals surface area contributed by atoms with Gasteiger partial charge < -0.3 is 0 Å². The maximum absolute atomic E-state index is 11.6. The molecule has 0 saturated carbocycles. The minimum Gasteiger partial charge on any atom is -0.273 e. The van der Waals surface area contributed by atoms with Gasteiger partial charge in [-0.15, -0.1) is 0 Å². The number of nitrogens with zero attached hydrogens (tertiary/aromatic N) is 1. The Labute approximate surface area is 96.9 Å². The van der Waals surface area contributed by atoms with Gasteiger partial charge in [0.05, 0.1) is 5.69 Å². The van der Waals surface area contributed by atoms with Gasteiger partial charge in [0.15, 0.2) is 0 Å². The number of benzene rings is 1. The van der Waals surface area contributed by atoms with Gasteiger partial charge in [-0.2, -0.15) is 0 Å². The zero-order valence-electron chi connectivity index (χ0n) is 9.15. The zero-order valence-corrected chi connectivity index (χ0v) is 9.97. The summed E-state index contributed by atoms with van der Waals surface area (Å²) in [5.74, 6) is 0.322. The van der Waals surface area contributed by atoms with Crippen LogP contribution in [-0.4, -0.2) is 8.94 Å². The first-order valence-electron chi connectivity index (χ1n) is 5.05. The number of nitrogens with one attached hydrogen (secondary N) is 2. The second-order valence-corrected chi connectivity index (χ2v) is 4.66. The zero-order chi connectivity index (χ0) is 11.7. The predicted octanol–water partition coefficient (Wildman–Crippen LogP) is 1.83. The standard InChI is InChI=1S/C11H13N3OS/c1-7(2)8-5-3-4-6-9(8)14-10(12)16-13-11(14)15/h3-7,12H,1-2H3,(H,13,15). The van der Waals surface area contributed by atoms with Crippen LogP contribution in [0.3, 0.4) is 0 Å². The molecule has 1 aromatic carbocycles. The Kier molecular flexibility index (Phi) is 2.78. The maximum atomic E-state index is 11.6. The molecule has 1 aromatic heterocycles. The summed E-state index contributed by atoms with van der Waals surface area (Å²) in [6, 6.07) is 7.69. The molecule has 0 aliphatic carbocycles. The van der Waals surface area contributed by atoms with Gasteiger partial charge in [-0.3, -0.25) is 9.78 Å². The van der Waals surface area contributed by atoms with Crippen LogP contribution in [0, 0.1) is 5.41 Å². The molecule has 84 valence electrons. The minimum absolute atomic E-state index is 0.220. The molecule has 16 heavy (non-hydrogen) atoms. The molecule has 0 aliphatic rings.